The van der Waals surface area contributed by atoms with Crippen LogP contribution in [-0.4, -0.2) is 53.6 Å². The monoisotopic (exact) mass is 347 g/mol. The molecule has 1 fully saturated rings. The Labute approximate surface area is 142 Å². The van der Waals surface area contributed by atoms with Gasteiger partial charge in [0.25, 0.3) is 5.91 Å². The van der Waals surface area contributed by atoms with E-state index in [0.29, 0.717) is 17.7 Å². The van der Waals surface area contributed by atoms with Crippen LogP contribution >= 0.6 is 0 Å². The molecule has 0 saturated carbocycles. The third-order valence-electron chi connectivity index (χ3n) is 4.58. The van der Waals surface area contributed by atoms with Gasteiger partial charge in [0.2, 0.25) is 0 Å². The predicted octanol–water partition coefficient (Wildman–Crippen LogP) is 1.75. The van der Waals surface area contributed by atoms with Gasteiger partial charge >= 0.3 is 0 Å². The van der Waals surface area contributed by atoms with E-state index in [0.717, 1.165) is 11.4 Å². The van der Waals surface area contributed by atoms with Crippen molar-refractivity contribution in [3.05, 3.63) is 47.3 Å². The number of carbonyl (C=O) groups excluding carboxylic acids is 1. The molecule has 0 spiro atoms. The summed E-state index contributed by atoms with van der Waals surface area (Å²) in [6.45, 7) is 3.67. The molecule has 1 aromatic carbocycles. The van der Waals surface area contributed by atoms with Gasteiger partial charge in [-0.3, -0.25) is 4.79 Å². The van der Waals surface area contributed by atoms with E-state index in [-0.39, 0.29) is 23.5 Å². The average Bonchev–Trinajstić information content (AvgIpc) is 3.06. The van der Waals surface area contributed by atoms with Crippen molar-refractivity contribution in [3.8, 4) is 5.69 Å². The van der Waals surface area contributed by atoms with Crippen molar-refractivity contribution in [2.24, 2.45) is 0 Å². The fourth-order valence-electron chi connectivity index (χ4n) is 3.20. The first kappa shape index (κ1) is 16.7. The van der Waals surface area contributed by atoms with Crippen molar-refractivity contribution >= 4 is 15.7 Å². The fourth-order valence-corrected chi connectivity index (χ4v) is 4.97. The number of hydrogen-bond donors (Lipinski definition) is 0. The second-order valence-corrected chi connectivity index (χ2v) is 8.49. The number of sulfone groups is 1. The molecule has 0 bridgehead atoms. The third-order valence-corrected chi connectivity index (χ3v) is 6.33. The molecule has 0 N–H and O–H groups in total. The molecule has 1 aliphatic heterocycles. The molecule has 1 aliphatic rings. The van der Waals surface area contributed by atoms with Crippen LogP contribution in [0.2, 0.25) is 0 Å². The molecule has 24 heavy (non-hydrogen) atoms. The lowest BCUT2D eigenvalue weighted by Gasteiger charge is -2.23. The summed E-state index contributed by atoms with van der Waals surface area (Å²) < 4.78 is 25.1. The Kier molecular flexibility index (Phi) is 4.21. The topological polar surface area (TPSA) is 72.3 Å². The lowest BCUT2D eigenvalue weighted by molar-refractivity contribution is 0.0746. The number of carbonyl (C=O) groups is 1. The molecule has 0 aliphatic carbocycles. The minimum atomic E-state index is -3.03. The number of aromatic nitrogens is 2. The summed E-state index contributed by atoms with van der Waals surface area (Å²) in [6.07, 6.45) is 0.496. The Morgan fingerprint density at radius 3 is 2.50 bits per heavy atom. The Balaban J connectivity index is 1.92. The molecule has 2 heterocycles. The van der Waals surface area contributed by atoms with E-state index in [9.17, 15) is 13.2 Å². The molecule has 0 radical (unpaired) electrons. The number of amides is 1. The van der Waals surface area contributed by atoms with Crippen molar-refractivity contribution in [3.63, 3.8) is 0 Å². The minimum Gasteiger partial charge on any atom is -0.338 e. The molecule has 1 atom stereocenters. The van der Waals surface area contributed by atoms with Crippen LogP contribution in [0.5, 0.6) is 0 Å². The zero-order valence-electron chi connectivity index (χ0n) is 14.1. The maximum atomic E-state index is 12.9. The molecular formula is C17H21N3O3S. The number of benzene rings is 1. The van der Waals surface area contributed by atoms with Gasteiger partial charge in [0.05, 0.1) is 34.1 Å². The number of para-hydroxylation sites is 1. The van der Waals surface area contributed by atoms with Gasteiger partial charge in [0.15, 0.2) is 9.84 Å². The van der Waals surface area contributed by atoms with Gasteiger partial charge in [-0.25, -0.2) is 13.1 Å². The standard InChI is InChI=1S/C17H21N3O3S/c1-12-16(13(2)20(18-12)14-7-5-4-6-8-14)17(21)19(3)15-9-10-24(22,23)11-15/h4-8,15H,9-11H2,1-3H3. The normalized spacial score (nSPS) is 19.4. The highest BCUT2D eigenvalue weighted by Crippen LogP contribution is 2.23. The van der Waals surface area contributed by atoms with Crippen molar-refractivity contribution in [1.29, 1.82) is 0 Å². The van der Waals surface area contributed by atoms with Crippen LogP contribution in [0.15, 0.2) is 30.3 Å². The number of hydrogen-bond acceptors (Lipinski definition) is 4. The SMILES string of the molecule is Cc1nn(-c2ccccc2)c(C)c1C(=O)N(C)C1CCS(=O)(=O)C1. The van der Waals surface area contributed by atoms with Gasteiger partial charge in [-0.15, -0.1) is 0 Å². The molecule has 1 aromatic heterocycles. The summed E-state index contributed by atoms with van der Waals surface area (Å²) in [7, 11) is -1.36. The molecule has 7 heteroatoms. The Morgan fingerprint density at radius 2 is 1.92 bits per heavy atom. The molecule has 1 saturated heterocycles. The van der Waals surface area contributed by atoms with Crippen molar-refractivity contribution < 1.29 is 13.2 Å². The fraction of sp³-hybridized carbons (Fsp3) is 0.412. The highest BCUT2D eigenvalue weighted by atomic mass is 32.2. The van der Waals surface area contributed by atoms with Gasteiger partial charge in [0.1, 0.15) is 0 Å². The number of rotatable bonds is 3. The van der Waals surface area contributed by atoms with E-state index >= 15 is 0 Å². The Bertz CT molecular complexity index is 872. The van der Waals surface area contributed by atoms with Crippen LogP contribution in [0.1, 0.15) is 28.2 Å². The Morgan fingerprint density at radius 1 is 1.25 bits per heavy atom. The largest absolute Gasteiger partial charge is 0.338 e. The van der Waals surface area contributed by atoms with E-state index in [1.807, 2.05) is 37.3 Å². The molecular weight excluding hydrogens is 326 g/mol. The van der Waals surface area contributed by atoms with E-state index in [4.69, 9.17) is 0 Å². The summed E-state index contributed by atoms with van der Waals surface area (Å²) in [6, 6.07) is 9.37. The van der Waals surface area contributed by atoms with Gasteiger partial charge in [-0.2, -0.15) is 5.10 Å². The minimum absolute atomic E-state index is 0.0418. The molecule has 2 aromatic rings. The second-order valence-electron chi connectivity index (χ2n) is 6.27. The molecule has 128 valence electrons. The Hall–Kier alpha value is -2.15. The summed E-state index contributed by atoms with van der Waals surface area (Å²) >= 11 is 0. The summed E-state index contributed by atoms with van der Waals surface area (Å²) in [5.74, 6) is 0.0192. The lowest BCUT2D eigenvalue weighted by Crippen LogP contribution is -2.38. The predicted molar refractivity (Wildman–Crippen MR) is 92.2 cm³/mol. The summed E-state index contributed by atoms with van der Waals surface area (Å²) in [5.41, 5.74) is 2.85. The maximum absolute atomic E-state index is 12.9. The molecule has 3 rings (SSSR count). The van der Waals surface area contributed by atoms with Gasteiger partial charge in [0, 0.05) is 13.1 Å². The second kappa shape index (κ2) is 6.05. The van der Waals surface area contributed by atoms with E-state index in [1.54, 1.807) is 23.6 Å². The van der Waals surface area contributed by atoms with E-state index < -0.39 is 9.84 Å². The van der Waals surface area contributed by atoms with Crippen molar-refractivity contribution in [1.82, 2.24) is 14.7 Å². The van der Waals surface area contributed by atoms with Crippen molar-refractivity contribution in [2.45, 2.75) is 26.3 Å². The first-order valence-electron chi connectivity index (χ1n) is 7.89. The van der Waals surface area contributed by atoms with Gasteiger partial charge in [-0.1, -0.05) is 18.2 Å². The summed E-state index contributed by atoms with van der Waals surface area (Å²) in [5, 5.41) is 4.49. The van der Waals surface area contributed by atoms with Crippen LogP contribution in [0, 0.1) is 13.8 Å². The molecule has 1 amide bonds. The third kappa shape index (κ3) is 2.96. The van der Waals surface area contributed by atoms with Crippen LogP contribution < -0.4 is 0 Å². The van der Waals surface area contributed by atoms with E-state index in [1.165, 1.54) is 0 Å². The van der Waals surface area contributed by atoms with Crippen LogP contribution in [0.3, 0.4) is 0 Å². The first-order valence-corrected chi connectivity index (χ1v) is 9.71. The first-order chi connectivity index (χ1) is 11.3. The zero-order valence-corrected chi connectivity index (χ0v) is 14.9. The highest BCUT2D eigenvalue weighted by Gasteiger charge is 2.34. The van der Waals surface area contributed by atoms with Crippen LogP contribution in [0.25, 0.3) is 5.69 Å². The van der Waals surface area contributed by atoms with Crippen molar-refractivity contribution in [2.75, 3.05) is 18.6 Å². The van der Waals surface area contributed by atoms with E-state index in [2.05, 4.69) is 5.10 Å². The number of aryl methyl sites for hydroxylation is 1. The van der Waals surface area contributed by atoms with Gasteiger partial charge < -0.3 is 4.90 Å². The zero-order chi connectivity index (χ0) is 17.5. The average molecular weight is 347 g/mol. The van der Waals surface area contributed by atoms with Crippen LogP contribution in [0.4, 0.5) is 0 Å². The lowest BCUT2D eigenvalue weighted by atomic mass is 10.1. The smallest absolute Gasteiger partial charge is 0.257 e. The van der Waals surface area contributed by atoms with Crippen LogP contribution in [-0.2, 0) is 9.84 Å². The quantitative estimate of drug-likeness (QED) is 0.848. The summed E-state index contributed by atoms with van der Waals surface area (Å²) in [4.78, 5) is 14.5. The molecule has 1 unspecified atom stereocenters. The number of nitrogens with zero attached hydrogens (tertiary/aromatic N) is 3. The maximum Gasteiger partial charge on any atom is 0.257 e. The van der Waals surface area contributed by atoms with Gasteiger partial charge in [-0.05, 0) is 32.4 Å². The molecule has 6 nitrogen and oxygen atoms in total. The highest BCUT2D eigenvalue weighted by molar-refractivity contribution is 7.91.